The molecule has 0 radical (unpaired) electrons. The number of aryl methyl sites for hydroxylation is 1. The number of piperidine rings is 1. The molecule has 2 N–H and O–H groups in total. The number of benzene rings is 1. The standard InChI is InChI=1S/C16H20Cl2N2O/c1-9-2-5-13(17)16(15(9)18)20-14(21)8-10-6-11-3-4-12(7-10)19-11/h2,5,10-12,19H,3-4,6-8H2,1H3,(H,20,21). The lowest BCUT2D eigenvalue weighted by molar-refractivity contribution is -0.117. The Balaban J connectivity index is 1.63. The van der Waals surface area contributed by atoms with Gasteiger partial charge in [-0.2, -0.15) is 0 Å². The summed E-state index contributed by atoms with van der Waals surface area (Å²) < 4.78 is 0. The maximum absolute atomic E-state index is 12.3. The summed E-state index contributed by atoms with van der Waals surface area (Å²) in [5.74, 6) is 0.474. The monoisotopic (exact) mass is 326 g/mol. The highest BCUT2D eigenvalue weighted by Gasteiger charge is 2.34. The van der Waals surface area contributed by atoms with Gasteiger partial charge in [0.25, 0.3) is 0 Å². The Morgan fingerprint density at radius 2 is 1.95 bits per heavy atom. The molecule has 114 valence electrons. The highest BCUT2D eigenvalue weighted by Crippen LogP contribution is 2.35. The fourth-order valence-electron chi connectivity index (χ4n) is 3.57. The Bertz CT molecular complexity index is 549. The highest BCUT2D eigenvalue weighted by molar-refractivity contribution is 6.40. The Morgan fingerprint density at radius 1 is 1.29 bits per heavy atom. The molecule has 1 aromatic rings. The molecule has 21 heavy (non-hydrogen) atoms. The minimum atomic E-state index is 0.00991. The maximum Gasteiger partial charge on any atom is 0.224 e. The summed E-state index contributed by atoms with van der Waals surface area (Å²) in [5.41, 5.74) is 1.46. The van der Waals surface area contributed by atoms with E-state index in [0.29, 0.717) is 40.2 Å². The van der Waals surface area contributed by atoms with Gasteiger partial charge in [0.15, 0.2) is 0 Å². The van der Waals surface area contributed by atoms with E-state index in [-0.39, 0.29) is 5.91 Å². The van der Waals surface area contributed by atoms with Gasteiger partial charge < -0.3 is 10.6 Å². The first-order valence-corrected chi connectivity index (χ1v) is 8.29. The molecule has 5 heteroatoms. The average Bonchev–Trinajstić information content (AvgIpc) is 2.78. The fourth-order valence-corrected chi connectivity index (χ4v) is 4.03. The minimum absolute atomic E-state index is 0.00991. The number of carbonyl (C=O) groups excluding carboxylic acids is 1. The van der Waals surface area contributed by atoms with Crippen LogP contribution < -0.4 is 10.6 Å². The predicted octanol–water partition coefficient (Wildman–Crippen LogP) is 4.16. The van der Waals surface area contributed by atoms with Gasteiger partial charge in [0.05, 0.1) is 15.7 Å². The number of rotatable bonds is 3. The minimum Gasteiger partial charge on any atom is -0.324 e. The smallest absolute Gasteiger partial charge is 0.224 e. The van der Waals surface area contributed by atoms with E-state index < -0.39 is 0 Å². The van der Waals surface area contributed by atoms with Crippen molar-refractivity contribution in [3.63, 3.8) is 0 Å². The molecule has 3 rings (SSSR count). The molecular formula is C16H20Cl2N2O. The van der Waals surface area contributed by atoms with Crippen LogP contribution in [-0.2, 0) is 4.79 Å². The molecule has 0 aliphatic carbocycles. The van der Waals surface area contributed by atoms with Crippen LogP contribution in [0.15, 0.2) is 12.1 Å². The number of anilines is 1. The highest BCUT2D eigenvalue weighted by atomic mass is 35.5. The fraction of sp³-hybridized carbons (Fsp3) is 0.562. The number of nitrogens with one attached hydrogen (secondary N) is 2. The van der Waals surface area contributed by atoms with Crippen molar-refractivity contribution < 1.29 is 4.79 Å². The van der Waals surface area contributed by atoms with E-state index in [9.17, 15) is 4.79 Å². The molecule has 2 heterocycles. The van der Waals surface area contributed by atoms with Crippen LogP contribution in [0, 0.1) is 12.8 Å². The predicted molar refractivity (Wildman–Crippen MR) is 87.1 cm³/mol. The number of amides is 1. The van der Waals surface area contributed by atoms with Crippen LogP contribution in [0.3, 0.4) is 0 Å². The Morgan fingerprint density at radius 3 is 2.62 bits per heavy atom. The normalized spacial score (nSPS) is 27.7. The molecule has 2 atom stereocenters. The molecular weight excluding hydrogens is 307 g/mol. The van der Waals surface area contributed by atoms with Crippen LogP contribution in [0.2, 0.25) is 10.0 Å². The molecule has 2 unspecified atom stereocenters. The van der Waals surface area contributed by atoms with Gasteiger partial charge in [-0.1, -0.05) is 29.3 Å². The summed E-state index contributed by atoms with van der Waals surface area (Å²) in [6.07, 6.45) is 5.24. The lowest BCUT2D eigenvalue weighted by Gasteiger charge is -2.28. The molecule has 2 fully saturated rings. The molecule has 3 nitrogen and oxygen atoms in total. The van der Waals surface area contributed by atoms with Gasteiger partial charge in [0, 0.05) is 18.5 Å². The maximum atomic E-state index is 12.3. The zero-order valence-electron chi connectivity index (χ0n) is 12.1. The van der Waals surface area contributed by atoms with Gasteiger partial charge in [-0.15, -0.1) is 0 Å². The zero-order chi connectivity index (χ0) is 15.0. The molecule has 2 aliphatic heterocycles. The van der Waals surface area contributed by atoms with Crippen LogP contribution in [0.4, 0.5) is 5.69 Å². The summed E-state index contributed by atoms with van der Waals surface area (Å²) in [5, 5.41) is 7.51. The summed E-state index contributed by atoms with van der Waals surface area (Å²) in [6.45, 7) is 1.90. The zero-order valence-corrected chi connectivity index (χ0v) is 13.6. The molecule has 1 aromatic carbocycles. The first kappa shape index (κ1) is 15.1. The van der Waals surface area contributed by atoms with Crippen LogP contribution in [0.5, 0.6) is 0 Å². The van der Waals surface area contributed by atoms with Gasteiger partial charge >= 0.3 is 0 Å². The van der Waals surface area contributed by atoms with Crippen molar-refractivity contribution in [2.24, 2.45) is 5.92 Å². The van der Waals surface area contributed by atoms with Gasteiger partial charge in [0.1, 0.15) is 0 Å². The van der Waals surface area contributed by atoms with Gasteiger partial charge in [-0.3, -0.25) is 4.79 Å². The molecule has 2 saturated heterocycles. The Hall–Kier alpha value is -0.770. The van der Waals surface area contributed by atoms with E-state index in [0.717, 1.165) is 18.4 Å². The number of hydrogen-bond donors (Lipinski definition) is 2. The third kappa shape index (κ3) is 3.36. The average molecular weight is 327 g/mol. The second-order valence-electron chi connectivity index (χ2n) is 6.28. The topological polar surface area (TPSA) is 41.1 Å². The van der Waals surface area contributed by atoms with E-state index >= 15 is 0 Å². The third-order valence-electron chi connectivity index (χ3n) is 4.59. The number of halogens is 2. The van der Waals surface area contributed by atoms with E-state index in [1.54, 1.807) is 6.07 Å². The first-order chi connectivity index (χ1) is 10.0. The van der Waals surface area contributed by atoms with Crippen molar-refractivity contribution in [2.75, 3.05) is 5.32 Å². The van der Waals surface area contributed by atoms with Crippen molar-refractivity contribution in [2.45, 2.75) is 51.1 Å². The van der Waals surface area contributed by atoms with Crippen LogP contribution in [-0.4, -0.2) is 18.0 Å². The van der Waals surface area contributed by atoms with Crippen LogP contribution >= 0.6 is 23.2 Å². The molecule has 2 bridgehead atoms. The van der Waals surface area contributed by atoms with Crippen LogP contribution in [0.25, 0.3) is 0 Å². The molecule has 0 saturated carbocycles. The molecule has 2 aliphatic rings. The van der Waals surface area contributed by atoms with E-state index in [4.69, 9.17) is 23.2 Å². The van der Waals surface area contributed by atoms with Gasteiger partial charge in [-0.05, 0) is 50.2 Å². The lowest BCUT2D eigenvalue weighted by atomic mass is 9.89. The quantitative estimate of drug-likeness (QED) is 0.875. The number of carbonyl (C=O) groups is 1. The summed E-state index contributed by atoms with van der Waals surface area (Å²) in [6, 6.07) is 4.83. The second-order valence-corrected chi connectivity index (χ2v) is 7.07. The number of hydrogen-bond acceptors (Lipinski definition) is 2. The van der Waals surface area contributed by atoms with E-state index in [2.05, 4.69) is 10.6 Å². The van der Waals surface area contributed by atoms with Crippen LogP contribution in [0.1, 0.15) is 37.7 Å². The largest absolute Gasteiger partial charge is 0.324 e. The molecule has 1 amide bonds. The van der Waals surface area contributed by atoms with E-state index in [1.807, 2.05) is 13.0 Å². The van der Waals surface area contributed by atoms with Crippen molar-refractivity contribution in [1.82, 2.24) is 5.32 Å². The second kappa shape index (κ2) is 6.15. The Kier molecular flexibility index (Phi) is 4.43. The van der Waals surface area contributed by atoms with E-state index in [1.165, 1.54) is 12.8 Å². The molecule has 0 aromatic heterocycles. The van der Waals surface area contributed by atoms with Gasteiger partial charge in [0.2, 0.25) is 5.91 Å². The molecule has 0 spiro atoms. The number of fused-ring (bicyclic) bond motifs is 2. The summed E-state index contributed by atoms with van der Waals surface area (Å²) in [7, 11) is 0. The van der Waals surface area contributed by atoms with Crippen molar-refractivity contribution in [3.05, 3.63) is 27.7 Å². The van der Waals surface area contributed by atoms with Crippen molar-refractivity contribution >= 4 is 34.8 Å². The lowest BCUT2D eigenvalue weighted by Crippen LogP contribution is -2.39. The van der Waals surface area contributed by atoms with Crippen molar-refractivity contribution in [1.29, 1.82) is 0 Å². The Labute approximate surface area is 135 Å². The third-order valence-corrected chi connectivity index (χ3v) is 5.40. The summed E-state index contributed by atoms with van der Waals surface area (Å²) in [4.78, 5) is 12.3. The van der Waals surface area contributed by atoms with Crippen molar-refractivity contribution in [3.8, 4) is 0 Å². The SMILES string of the molecule is Cc1ccc(Cl)c(NC(=O)CC2CC3CCC(C2)N3)c1Cl. The van der Waals surface area contributed by atoms with Gasteiger partial charge in [-0.25, -0.2) is 0 Å². The first-order valence-electron chi connectivity index (χ1n) is 7.53. The summed E-state index contributed by atoms with van der Waals surface area (Å²) >= 11 is 12.4.